The van der Waals surface area contributed by atoms with Crippen molar-refractivity contribution in [3.63, 3.8) is 0 Å². The molecule has 27 heavy (non-hydrogen) atoms. The molecule has 0 amide bonds. The number of nitrogens with zero attached hydrogens (tertiary/aromatic N) is 2. The molecule has 0 aliphatic rings. The lowest BCUT2D eigenvalue weighted by Crippen LogP contribution is -2.25. The van der Waals surface area contributed by atoms with Gasteiger partial charge in [0.2, 0.25) is 0 Å². The van der Waals surface area contributed by atoms with E-state index in [1.165, 1.54) is 30.2 Å². The molecule has 5 nitrogen and oxygen atoms in total. The van der Waals surface area contributed by atoms with Gasteiger partial charge in [0.25, 0.3) is 0 Å². The summed E-state index contributed by atoms with van der Waals surface area (Å²) < 4.78 is 0. The minimum absolute atomic E-state index is 0.142. The van der Waals surface area contributed by atoms with Gasteiger partial charge in [0.05, 0.1) is 6.21 Å². The van der Waals surface area contributed by atoms with Gasteiger partial charge in [-0.05, 0) is 63.4 Å². The molecule has 0 saturated heterocycles. The van der Waals surface area contributed by atoms with E-state index < -0.39 is 0 Å². The van der Waals surface area contributed by atoms with Crippen LogP contribution in [-0.2, 0) is 0 Å². The number of rotatable bonds is 11. The Balaban J connectivity index is 2.87. The zero-order valence-corrected chi connectivity index (χ0v) is 17.3. The van der Waals surface area contributed by atoms with Crippen molar-refractivity contribution < 1.29 is 5.11 Å². The van der Waals surface area contributed by atoms with E-state index in [0.29, 0.717) is 5.82 Å². The molecule has 1 heterocycles. The molecular formula is C22H34N4O. The molecule has 1 aromatic rings. The van der Waals surface area contributed by atoms with Crippen LogP contribution in [0.4, 0.5) is 5.82 Å². The quantitative estimate of drug-likeness (QED) is 0.272. The van der Waals surface area contributed by atoms with Crippen LogP contribution >= 0.6 is 0 Å². The predicted molar refractivity (Wildman–Crippen MR) is 116 cm³/mol. The van der Waals surface area contributed by atoms with E-state index in [2.05, 4.69) is 55.7 Å². The van der Waals surface area contributed by atoms with Crippen molar-refractivity contribution in [2.75, 3.05) is 18.9 Å². The molecule has 0 saturated carbocycles. The van der Waals surface area contributed by atoms with Crippen molar-refractivity contribution in [1.82, 2.24) is 9.88 Å². The summed E-state index contributed by atoms with van der Waals surface area (Å²) in [6, 6.07) is 2.33. The average molecular weight is 371 g/mol. The van der Waals surface area contributed by atoms with Crippen LogP contribution in [-0.4, -0.2) is 34.8 Å². The number of hydrogen-bond donors (Lipinski definition) is 3. The first-order valence-corrected chi connectivity index (χ1v) is 9.47. The Hall–Kier alpha value is -2.40. The molecule has 5 heteroatoms. The van der Waals surface area contributed by atoms with Gasteiger partial charge in [-0.1, -0.05) is 31.6 Å². The Labute approximate surface area is 164 Å². The number of likely N-dealkylation sites (N-methyl/N-ethyl adjacent to an activating group) is 1. The van der Waals surface area contributed by atoms with Crippen molar-refractivity contribution in [2.24, 2.45) is 0 Å². The molecule has 0 spiro atoms. The van der Waals surface area contributed by atoms with Crippen LogP contribution in [0.15, 0.2) is 48.0 Å². The molecule has 0 fully saturated rings. The van der Waals surface area contributed by atoms with E-state index in [1.54, 1.807) is 0 Å². The topological polar surface area (TPSA) is 72.2 Å². The van der Waals surface area contributed by atoms with E-state index in [9.17, 15) is 5.11 Å². The second-order valence-electron chi connectivity index (χ2n) is 7.00. The minimum atomic E-state index is -0.142. The van der Waals surface area contributed by atoms with Crippen molar-refractivity contribution in [2.45, 2.75) is 53.0 Å². The van der Waals surface area contributed by atoms with Crippen molar-refractivity contribution in [3.05, 3.63) is 59.2 Å². The van der Waals surface area contributed by atoms with Crippen LogP contribution in [0.1, 0.15) is 57.2 Å². The van der Waals surface area contributed by atoms with Crippen LogP contribution in [0.25, 0.3) is 0 Å². The number of aliphatic hydroxyl groups excluding tert-OH is 1. The molecule has 1 aromatic heterocycles. The zero-order chi connectivity index (χ0) is 20.4. The van der Waals surface area contributed by atoms with E-state index in [0.717, 1.165) is 30.3 Å². The Bertz CT molecular complexity index is 706. The lowest BCUT2D eigenvalue weighted by atomic mass is 10.0. The maximum atomic E-state index is 9.34. The van der Waals surface area contributed by atoms with Gasteiger partial charge < -0.3 is 15.8 Å². The van der Waals surface area contributed by atoms with E-state index in [1.807, 2.05) is 19.2 Å². The highest BCUT2D eigenvalue weighted by atomic mass is 16.3. The Kier molecular flexibility index (Phi) is 9.51. The first kappa shape index (κ1) is 22.6. The molecule has 0 aliphatic heterocycles. The third-order valence-corrected chi connectivity index (χ3v) is 4.83. The fourth-order valence-corrected chi connectivity index (χ4v) is 2.88. The fourth-order valence-electron chi connectivity index (χ4n) is 2.88. The number of aryl methyl sites for hydroxylation is 1. The van der Waals surface area contributed by atoms with Crippen molar-refractivity contribution in [1.29, 1.82) is 5.41 Å². The molecule has 1 atom stereocenters. The van der Waals surface area contributed by atoms with Crippen LogP contribution in [0.2, 0.25) is 0 Å². The molecule has 3 N–H and O–H groups in total. The van der Waals surface area contributed by atoms with Gasteiger partial charge in [0, 0.05) is 25.0 Å². The summed E-state index contributed by atoms with van der Waals surface area (Å²) in [6.45, 7) is 13.4. The minimum Gasteiger partial charge on any atom is -0.505 e. The average Bonchev–Trinajstić information content (AvgIpc) is 2.66. The molecule has 1 rings (SSSR count). The van der Waals surface area contributed by atoms with Gasteiger partial charge >= 0.3 is 0 Å². The number of aromatic nitrogens is 1. The second-order valence-corrected chi connectivity index (χ2v) is 7.00. The first-order valence-electron chi connectivity index (χ1n) is 9.47. The normalized spacial score (nSPS) is 13.9. The van der Waals surface area contributed by atoms with Gasteiger partial charge in [0.15, 0.2) is 0 Å². The molecule has 1 unspecified atom stereocenters. The summed E-state index contributed by atoms with van der Waals surface area (Å²) in [5.41, 5.74) is 4.84. The van der Waals surface area contributed by atoms with Crippen LogP contribution in [0, 0.1) is 12.3 Å². The van der Waals surface area contributed by atoms with Gasteiger partial charge in [-0.25, -0.2) is 4.98 Å². The number of nitrogens with one attached hydrogen (secondary N) is 2. The highest BCUT2D eigenvalue weighted by Gasteiger charge is 2.14. The van der Waals surface area contributed by atoms with Crippen LogP contribution in [0.3, 0.4) is 0 Å². The lowest BCUT2D eigenvalue weighted by Gasteiger charge is -2.26. The molecule has 0 aliphatic carbocycles. The van der Waals surface area contributed by atoms with Crippen LogP contribution in [0.5, 0.6) is 0 Å². The van der Waals surface area contributed by atoms with E-state index >= 15 is 0 Å². The fraction of sp³-hybridized carbons (Fsp3) is 0.455. The monoisotopic (exact) mass is 370 g/mol. The number of anilines is 1. The first-order chi connectivity index (χ1) is 12.8. The molecule has 0 bridgehead atoms. The summed E-state index contributed by atoms with van der Waals surface area (Å²) in [4.78, 5) is 6.78. The smallest absolute Gasteiger partial charge is 0.149 e. The summed E-state index contributed by atoms with van der Waals surface area (Å²) in [5, 5.41) is 19.2. The Morgan fingerprint density at radius 3 is 2.74 bits per heavy atom. The number of hydrogen-bond acceptors (Lipinski definition) is 5. The Morgan fingerprint density at radius 1 is 1.48 bits per heavy atom. The highest BCUT2D eigenvalue weighted by molar-refractivity contribution is 5.72. The SMILES string of the molecule is C=C/C(CCCC)=C(/C)CN(C)C(C)c1cnc(N/C=C(/O)C=N)c(C)c1. The molecule has 0 radical (unpaired) electrons. The second kappa shape index (κ2) is 11.3. The number of allylic oxidation sites excluding steroid dienone is 3. The predicted octanol–water partition coefficient (Wildman–Crippen LogP) is 5.54. The number of unbranched alkanes of at least 4 members (excludes halogenated alkanes) is 1. The maximum Gasteiger partial charge on any atom is 0.149 e. The van der Waals surface area contributed by atoms with Crippen molar-refractivity contribution in [3.8, 4) is 0 Å². The Morgan fingerprint density at radius 2 is 2.19 bits per heavy atom. The largest absolute Gasteiger partial charge is 0.505 e. The van der Waals surface area contributed by atoms with Crippen molar-refractivity contribution >= 4 is 12.0 Å². The van der Waals surface area contributed by atoms with Gasteiger partial charge in [-0.15, -0.1) is 0 Å². The summed E-state index contributed by atoms with van der Waals surface area (Å²) >= 11 is 0. The number of aliphatic hydroxyl groups is 1. The van der Waals surface area contributed by atoms with Gasteiger partial charge in [-0.3, -0.25) is 4.90 Å². The third-order valence-electron chi connectivity index (χ3n) is 4.83. The third kappa shape index (κ3) is 7.02. The summed E-state index contributed by atoms with van der Waals surface area (Å²) in [5.74, 6) is 0.531. The molecular weight excluding hydrogens is 336 g/mol. The summed E-state index contributed by atoms with van der Waals surface area (Å²) in [7, 11) is 2.13. The molecule has 0 aromatic carbocycles. The van der Waals surface area contributed by atoms with E-state index in [4.69, 9.17) is 5.41 Å². The standard InChI is InChI=1S/C22H34N4O/c1-7-9-10-19(8-2)17(4)15-26(6)18(5)20-11-16(3)22(24-13-20)25-14-21(27)12-23/h8,11-14,18,23,27H,2,7,9-10,15H2,1,3-6H3,(H,24,25)/b19-17+,21-14+,23-12?. The lowest BCUT2D eigenvalue weighted by molar-refractivity contribution is 0.282. The maximum absolute atomic E-state index is 9.34. The van der Waals surface area contributed by atoms with Gasteiger partial charge in [-0.2, -0.15) is 0 Å². The highest BCUT2D eigenvalue weighted by Crippen LogP contribution is 2.24. The molecule has 148 valence electrons. The van der Waals surface area contributed by atoms with Gasteiger partial charge in [0.1, 0.15) is 11.6 Å². The zero-order valence-electron chi connectivity index (χ0n) is 17.3. The van der Waals surface area contributed by atoms with Crippen LogP contribution < -0.4 is 5.32 Å². The van der Waals surface area contributed by atoms with E-state index in [-0.39, 0.29) is 11.8 Å². The number of pyridine rings is 1. The summed E-state index contributed by atoms with van der Waals surface area (Å²) in [6.07, 6.45) is 9.56.